The number of carbonyl (C=O) groups is 1. The average molecular weight is 252 g/mol. The number of phenols is 2. The Morgan fingerprint density at radius 2 is 1.61 bits per heavy atom. The summed E-state index contributed by atoms with van der Waals surface area (Å²) in [6.45, 7) is 2.15. The van der Waals surface area contributed by atoms with Gasteiger partial charge in [-0.15, -0.1) is 0 Å². The molecule has 0 saturated carbocycles. The van der Waals surface area contributed by atoms with E-state index in [0.29, 0.717) is 0 Å². The Morgan fingerprint density at radius 3 is 2.11 bits per heavy atom. The zero-order valence-electron chi connectivity index (χ0n) is 10.6. The predicted molar refractivity (Wildman–Crippen MR) is 69.2 cm³/mol. The number of rotatable bonds is 7. The first-order valence-corrected chi connectivity index (χ1v) is 6.34. The van der Waals surface area contributed by atoms with Crippen molar-refractivity contribution >= 4 is 5.97 Å². The van der Waals surface area contributed by atoms with Gasteiger partial charge in [0.2, 0.25) is 0 Å². The second-order valence-corrected chi connectivity index (χ2v) is 4.48. The maximum absolute atomic E-state index is 10.8. The van der Waals surface area contributed by atoms with Crippen molar-refractivity contribution in [2.45, 2.75) is 45.4 Å². The maximum atomic E-state index is 10.8. The maximum Gasteiger partial charge on any atom is 0.343 e. The molecule has 0 fully saturated rings. The van der Waals surface area contributed by atoms with Crippen molar-refractivity contribution in [1.29, 1.82) is 0 Å². The summed E-state index contributed by atoms with van der Waals surface area (Å²) in [6.07, 6.45) is 6.41. The van der Waals surface area contributed by atoms with E-state index in [-0.39, 0.29) is 11.5 Å². The van der Waals surface area contributed by atoms with Crippen LogP contribution in [0, 0.1) is 0 Å². The van der Waals surface area contributed by atoms with Crippen LogP contribution in [0.4, 0.5) is 0 Å². The van der Waals surface area contributed by atoms with Crippen LogP contribution in [-0.2, 0) is 6.42 Å². The van der Waals surface area contributed by atoms with Gasteiger partial charge in [0.05, 0.1) is 0 Å². The molecule has 0 unspecified atom stereocenters. The number of aryl methyl sites for hydroxylation is 1. The van der Waals surface area contributed by atoms with Crippen LogP contribution >= 0.6 is 0 Å². The molecular formula is C14H20O4. The molecule has 0 aromatic heterocycles. The van der Waals surface area contributed by atoms with Gasteiger partial charge in [-0.25, -0.2) is 4.79 Å². The lowest BCUT2D eigenvalue weighted by Gasteiger charge is -2.07. The predicted octanol–water partition coefficient (Wildman–Crippen LogP) is 3.31. The number of unbranched alkanes of at least 4 members (excludes halogenated alkanes) is 4. The molecule has 0 atom stereocenters. The summed E-state index contributed by atoms with van der Waals surface area (Å²) < 4.78 is 0. The van der Waals surface area contributed by atoms with E-state index in [4.69, 9.17) is 5.11 Å². The van der Waals surface area contributed by atoms with E-state index in [1.807, 2.05) is 0 Å². The first-order valence-electron chi connectivity index (χ1n) is 6.34. The normalized spacial score (nSPS) is 10.5. The molecule has 1 aromatic carbocycles. The Kier molecular flexibility index (Phi) is 5.49. The van der Waals surface area contributed by atoms with Gasteiger partial charge in [0.25, 0.3) is 0 Å². The third kappa shape index (κ3) is 3.95. The van der Waals surface area contributed by atoms with Crippen LogP contribution in [-0.4, -0.2) is 21.3 Å². The van der Waals surface area contributed by atoms with Crippen LogP contribution in [0.25, 0.3) is 0 Å². The van der Waals surface area contributed by atoms with Crippen molar-refractivity contribution in [3.63, 3.8) is 0 Å². The fraction of sp³-hybridized carbons (Fsp3) is 0.500. The van der Waals surface area contributed by atoms with Crippen molar-refractivity contribution in [2.75, 3.05) is 0 Å². The molecule has 0 bridgehead atoms. The second-order valence-electron chi connectivity index (χ2n) is 4.48. The van der Waals surface area contributed by atoms with Crippen LogP contribution in [0.5, 0.6) is 11.5 Å². The van der Waals surface area contributed by atoms with Crippen LogP contribution < -0.4 is 0 Å². The van der Waals surface area contributed by atoms with Gasteiger partial charge >= 0.3 is 5.97 Å². The fourth-order valence-electron chi connectivity index (χ4n) is 1.96. The topological polar surface area (TPSA) is 77.8 Å². The highest BCUT2D eigenvalue weighted by Gasteiger charge is 2.16. The summed E-state index contributed by atoms with van der Waals surface area (Å²) in [7, 11) is 0. The van der Waals surface area contributed by atoms with Crippen molar-refractivity contribution in [3.05, 3.63) is 23.3 Å². The van der Waals surface area contributed by atoms with Crippen molar-refractivity contribution < 1.29 is 20.1 Å². The van der Waals surface area contributed by atoms with Crippen molar-refractivity contribution in [1.82, 2.24) is 0 Å². The summed E-state index contributed by atoms with van der Waals surface area (Å²) in [5.41, 5.74) is 0.344. The molecule has 0 aliphatic heterocycles. The van der Waals surface area contributed by atoms with E-state index in [0.717, 1.165) is 24.8 Å². The molecule has 1 aromatic rings. The number of aromatic hydroxyl groups is 2. The van der Waals surface area contributed by atoms with Gasteiger partial charge in [0, 0.05) is 0 Å². The summed E-state index contributed by atoms with van der Waals surface area (Å²) in [5.74, 6) is -2.06. The largest absolute Gasteiger partial charge is 0.507 e. The Labute approximate surface area is 107 Å². The van der Waals surface area contributed by atoms with Gasteiger partial charge in [-0.1, -0.05) is 32.6 Å². The number of benzene rings is 1. The molecule has 4 heteroatoms. The van der Waals surface area contributed by atoms with Gasteiger partial charge in [0.15, 0.2) is 0 Å². The molecule has 0 spiro atoms. The summed E-state index contributed by atoms with van der Waals surface area (Å²) in [4.78, 5) is 10.8. The van der Waals surface area contributed by atoms with Crippen LogP contribution in [0.15, 0.2) is 12.1 Å². The highest BCUT2D eigenvalue weighted by atomic mass is 16.4. The molecule has 4 nitrogen and oxygen atoms in total. The standard InChI is InChI=1S/C14H20O4/c1-2-3-4-5-6-7-10-8-11(15)13(14(17)18)12(16)9-10/h8-9,15-16H,2-7H2,1H3,(H,17,18). The molecule has 1 rings (SSSR count). The van der Waals surface area contributed by atoms with Gasteiger partial charge < -0.3 is 15.3 Å². The van der Waals surface area contributed by atoms with Crippen molar-refractivity contribution in [2.24, 2.45) is 0 Å². The van der Waals surface area contributed by atoms with Crippen LogP contribution in [0.2, 0.25) is 0 Å². The number of hydrogen-bond donors (Lipinski definition) is 3. The minimum atomic E-state index is -1.32. The molecule has 0 heterocycles. The van der Waals surface area contributed by atoms with Gasteiger partial charge in [-0.2, -0.15) is 0 Å². The molecule has 0 saturated heterocycles. The summed E-state index contributed by atoms with van der Waals surface area (Å²) in [5, 5.41) is 27.9. The highest BCUT2D eigenvalue weighted by molar-refractivity contribution is 5.94. The summed E-state index contributed by atoms with van der Waals surface area (Å²) in [6, 6.07) is 2.84. The van der Waals surface area contributed by atoms with E-state index < -0.39 is 11.5 Å². The molecule has 100 valence electrons. The lowest BCUT2D eigenvalue weighted by atomic mass is 10.0. The smallest absolute Gasteiger partial charge is 0.343 e. The molecule has 0 amide bonds. The minimum Gasteiger partial charge on any atom is -0.507 e. The number of carboxylic acids is 1. The number of aromatic carboxylic acids is 1. The summed E-state index contributed by atoms with van der Waals surface area (Å²) >= 11 is 0. The first-order chi connectivity index (χ1) is 8.56. The molecule has 18 heavy (non-hydrogen) atoms. The third-order valence-corrected chi connectivity index (χ3v) is 2.94. The van der Waals surface area contributed by atoms with E-state index in [1.54, 1.807) is 0 Å². The number of carboxylic acid groups (broad SMARTS) is 1. The lowest BCUT2D eigenvalue weighted by molar-refractivity contribution is 0.0690. The quantitative estimate of drug-likeness (QED) is 0.650. The van der Waals surface area contributed by atoms with Gasteiger partial charge in [0.1, 0.15) is 17.1 Å². The SMILES string of the molecule is CCCCCCCc1cc(O)c(C(=O)O)c(O)c1. The average Bonchev–Trinajstić information content (AvgIpc) is 2.27. The minimum absolute atomic E-state index is 0.369. The Hall–Kier alpha value is -1.71. The molecule has 0 aliphatic rings. The van der Waals surface area contributed by atoms with E-state index in [2.05, 4.69) is 6.92 Å². The highest BCUT2D eigenvalue weighted by Crippen LogP contribution is 2.29. The zero-order chi connectivity index (χ0) is 13.5. The number of hydrogen-bond acceptors (Lipinski definition) is 3. The fourth-order valence-corrected chi connectivity index (χ4v) is 1.96. The zero-order valence-corrected chi connectivity index (χ0v) is 10.6. The van der Waals surface area contributed by atoms with Gasteiger partial charge in [-0.05, 0) is 30.5 Å². The van der Waals surface area contributed by atoms with Crippen LogP contribution in [0.1, 0.15) is 54.9 Å². The molecule has 0 aliphatic carbocycles. The first kappa shape index (κ1) is 14.4. The Balaban J connectivity index is 2.61. The Morgan fingerprint density at radius 1 is 1.06 bits per heavy atom. The van der Waals surface area contributed by atoms with E-state index >= 15 is 0 Å². The van der Waals surface area contributed by atoms with E-state index in [9.17, 15) is 15.0 Å². The monoisotopic (exact) mass is 252 g/mol. The molecule has 3 N–H and O–H groups in total. The second kappa shape index (κ2) is 6.89. The van der Waals surface area contributed by atoms with Crippen molar-refractivity contribution in [3.8, 4) is 11.5 Å². The molecule has 0 radical (unpaired) electrons. The van der Waals surface area contributed by atoms with E-state index in [1.165, 1.54) is 31.4 Å². The Bertz CT molecular complexity index is 389. The third-order valence-electron chi connectivity index (χ3n) is 2.94. The van der Waals surface area contributed by atoms with Crippen LogP contribution in [0.3, 0.4) is 0 Å². The molecular weight excluding hydrogens is 232 g/mol. The van der Waals surface area contributed by atoms with Gasteiger partial charge in [-0.3, -0.25) is 0 Å². The lowest BCUT2D eigenvalue weighted by Crippen LogP contribution is -1.98.